The van der Waals surface area contributed by atoms with Crippen molar-refractivity contribution in [3.63, 3.8) is 0 Å². The molecule has 0 bridgehead atoms. The summed E-state index contributed by atoms with van der Waals surface area (Å²) in [6, 6.07) is -0.697. The van der Waals surface area contributed by atoms with Gasteiger partial charge < -0.3 is 16.0 Å². The molecule has 0 unspecified atom stereocenters. The Hall–Kier alpha value is -1.85. The van der Waals surface area contributed by atoms with Crippen molar-refractivity contribution in [3.8, 4) is 0 Å². The SMILES string of the molecule is CCCCCCCCCCCCCCCC(=O)N[C@@H](Cc1c[nH]cn1)C(N)=O. The van der Waals surface area contributed by atoms with Crippen LogP contribution in [0, 0.1) is 0 Å². The quantitative estimate of drug-likeness (QED) is 0.323. The minimum absolute atomic E-state index is 0.109. The Morgan fingerprint density at radius 1 is 0.964 bits per heavy atom. The lowest BCUT2D eigenvalue weighted by atomic mass is 10.0. The number of hydrogen-bond acceptors (Lipinski definition) is 3. The molecule has 0 saturated carbocycles. The highest BCUT2D eigenvalue weighted by Gasteiger charge is 2.19. The number of unbranched alkanes of at least 4 members (excludes halogenated alkanes) is 12. The first-order valence-electron chi connectivity index (χ1n) is 11.2. The molecule has 4 N–H and O–H groups in total. The Balaban J connectivity index is 1.96. The number of amides is 2. The monoisotopic (exact) mass is 392 g/mol. The summed E-state index contributed by atoms with van der Waals surface area (Å²) in [5.74, 6) is -0.635. The van der Waals surface area contributed by atoms with Crippen molar-refractivity contribution in [1.29, 1.82) is 0 Å². The zero-order valence-electron chi connectivity index (χ0n) is 17.7. The number of nitrogens with one attached hydrogen (secondary N) is 2. The molecule has 2 amide bonds. The van der Waals surface area contributed by atoms with Gasteiger partial charge in [0.15, 0.2) is 0 Å². The zero-order valence-corrected chi connectivity index (χ0v) is 17.7. The summed E-state index contributed by atoms with van der Waals surface area (Å²) < 4.78 is 0. The van der Waals surface area contributed by atoms with E-state index >= 15 is 0 Å². The maximum atomic E-state index is 12.0. The van der Waals surface area contributed by atoms with Crippen LogP contribution in [0.1, 0.15) is 103 Å². The topological polar surface area (TPSA) is 101 Å². The van der Waals surface area contributed by atoms with Crippen molar-refractivity contribution < 1.29 is 9.59 Å². The van der Waals surface area contributed by atoms with Crippen LogP contribution in [-0.2, 0) is 16.0 Å². The van der Waals surface area contributed by atoms with Crippen LogP contribution in [0.5, 0.6) is 0 Å². The van der Waals surface area contributed by atoms with E-state index in [1.54, 1.807) is 12.5 Å². The first-order valence-corrected chi connectivity index (χ1v) is 11.2. The minimum atomic E-state index is -0.697. The number of carbonyl (C=O) groups is 2. The number of rotatable bonds is 18. The van der Waals surface area contributed by atoms with Gasteiger partial charge in [0.1, 0.15) is 6.04 Å². The standard InChI is InChI=1S/C22H40N4O2/c1-2-3-4-5-6-7-8-9-10-11-12-13-14-15-21(27)26-20(22(23)28)16-19-17-24-18-25-19/h17-18,20H,2-16H2,1H3,(H2,23,28)(H,24,25)(H,26,27)/t20-/m0/s1. The molecule has 0 saturated heterocycles. The Morgan fingerprint density at radius 2 is 1.50 bits per heavy atom. The van der Waals surface area contributed by atoms with Crippen LogP contribution >= 0.6 is 0 Å². The van der Waals surface area contributed by atoms with Gasteiger partial charge in [-0.25, -0.2) is 4.98 Å². The summed E-state index contributed by atoms with van der Waals surface area (Å²) in [6.07, 6.45) is 20.6. The third-order valence-electron chi connectivity index (χ3n) is 5.15. The molecule has 1 atom stereocenters. The smallest absolute Gasteiger partial charge is 0.240 e. The van der Waals surface area contributed by atoms with E-state index in [0.29, 0.717) is 18.5 Å². The van der Waals surface area contributed by atoms with E-state index in [9.17, 15) is 9.59 Å². The molecule has 0 aliphatic carbocycles. The predicted octanol–water partition coefficient (Wildman–Crippen LogP) is 4.40. The number of primary amides is 1. The largest absolute Gasteiger partial charge is 0.368 e. The molecular formula is C22H40N4O2. The number of nitrogens with two attached hydrogens (primary N) is 1. The number of aromatic amines is 1. The van der Waals surface area contributed by atoms with Gasteiger partial charge in [0.05, 0.1) is 12.0 Å². The number of carbonyl (C=O) groups excluding carboxylic acids is 2. The Labute approximate surface area is 170 Å². The maximum Gasteiger partial charge on any atom is 0.240 e. The van der Waals surface area contributed by atoms with Gasteiger partial charge in [0, 0.05) is 19.0 Å². The Kier molecular flexibility index (Phi) is 13.9. The van der Waals surface area contributed by atoms with Crippen LogP contribution in [0.15, 0.2) is 12.5 Å². The van der Waals surface area contributed by atoms with Gasteiger partial charge in [-0.15, -0.1) is 0 Å². The number of imidazole rings is 1. The highest BCUT2D eigenvalue weighted by molar-refractivity contribution is 5.86. The lowest BCUT2D eigenvalue weighted by Gasteiger charge is -2.14. The molecule has 28 heavy (non-hydrogen) atoms. The lowest BCUT2D eigenvalue weighted by Crippen LogP contribution is -2.45. The molecule has 6 heteroatoms. The summed E-state index contributed by atoms with van der Waals surface area (Å²) in [4.78, 5) is 30.5. The van der Waals surface area contributed by atoms with Crippen molar-refractivity contribution in [1.82, 2.24) is 15.3 Å². The van der Waals surface area contributed by atoms with Crippen molar-refractivity contribution >= 4 is 11.8 Å². The molecule has 1 heterocycles. The molecule has 0 aromatic carbocycles. The fourth-order valence-corrected chi connectivity index (χ4v) is 3.40. The molecule has 0 radical (unpaired) electrons. The maximum absolute atomic E-state index is 12.0. The van der Waals surface area contributed by atoms with E-state index in [0.717, 1.165) is 12.8 Å². The van der Waals surface area contributed by atoms with Crippen molar-refractivity contribution in [2.75, 3.05) is 0 Å². The fourth-order valence-electron chi connectivity index (χ4n) is 3.40. The van der Waals surface area contributed by atoms with E-state index < -0.39 is 11.9 Å². The second kappa shape index (κ2) is 16.1. The highest BCUT2D eigenvalue weighted by atomic mass is 16.2. The second-order valence-corrected chi connectivity index (χ2v) is 7.78. The predicted molar refractivity (Wildman–Crippen MR) is 114 cm³/mol. The van der Waals surface area contributed by atoms with Crippen LogP contribution in [0.4, 0.5) is 0 Å². The summed E-state index contributed by atoms with van der Waals surface area (Å²) in [5, 5.41) is 2.73. The number of nitrogens with zero attached hydrogens (tertiary/aromatic N) is 1. The van der Waals surface area contributed by atoms with E-state index in [-0.39, 0.29) is 5.91 Å². The third kappa shape index (κ3) is 12.5. The zero-order chi connectivity index (χ0) is 20.5. The van der Waals surface area contributed by atoms with Crippen LogP contribution < -0.4 is 11.1 Å². The molecular weight excluding hydrogens is 352 g/mol. The van der Waals surface area contributed by atoms with Gasteiger partial charge in [-0.1, -0.05) is 84.0 Å². The summed E-state index contributed by atoms with van der Waals surface area (Å²) in [7, 11) is 0. The average Bonchev–Trinajstić information content (AvgIpc) is 3.18. The van der Waals surface area contributed by atoms with E-state index in [1.807, 2.05) is 0 Å². The number of H-pyrrole nitrogens is 1. The van der Waals surface area contributed by atoms with Gasteiger partial charge in [0.25, 0.3) is 0 Å². The molecule has 1 aromatic rings. The Bertz CT molecular complexity index is 517. The fraction of sp³-hybridized carbons (Fsp3) is 0.773. The number of hydrogen-bond donors (Lipinski definition) is 3. The average molecular weight is 393 g/mol. The summed E-state index contributed by atoms with van der Waals surface area (Å²) >= 11 is 0. The molecule has 0 fully saturated rings. The van der Waals surface area contributed by atoms with Crippen LogP contribution in [0.25, 0.3) is 0 Å². The lowest BCUT2D eigenvalue weighted by molar-refractivity contribution is -0.127. The van der Waals surface area contributed by atoms with Gasteiger partial charge >= 0.3 is 0 Å². The first kappa shape index (κ1) is 24.2. The molecule has 1 rings (SSSR count). The third-order valence-corrected chi connectivity index (χ3v) is 5.15. The highest BCUT2D eigenvalue weighted by Crippen LogP contribution is 2.13. The molecule has 0 aliphatic heterocycles. The summed E-state index contributed by atoms with van der Waals surface area (Å²) in [5.41, 5.74) is 6.10. The van der Waals surface area contributed by atoms with Crippen molar-refractivity contribution in [2.45, 2.75) is 109 Å². The molecule has 6 nitrogen and oxygen atoms in total. The van der Waals surface area contributed by atoms with Crippen molar-refractivity contribution in [3.05, 3.63) is 18.2 Å². The van der Waals surface area contributed by atoms with Gasteiger partial charge in [-0.05, 0) is 6.42 Å². The summed E-state index contributed by atoms with van der Waals surface area (Å²) in [6.45, 7) is 2.26. The van der Waals surface area contributed by atoms with E-state index in [4.69, 9.17) is 5.73 Å². The molecule has 0 spiro atoms. The van der Waals surface area contributed by atoms with Gasteiger partial charge in [0.2, 0.25) is 11.8 Å². The van der Waals surface area contributed by atoms with E-state index in [2.05, 4.69) is 22.2 Å². The second-order valence-electron chi connectivity index (χ2n) is 7.78. The minimum Gasteiger partial charge on any atom is -0.368 e. The first-order chi connectivity index (χ1) is 13.6. The molecule has 1 aromatic heterocycles. The number of aromatic nitrogens is 2. The van der Waals surface area contributed by atoms with E-state index in [1.165, 1.54) is 70.6 Å². The van der Waals surface area contributed by atoms with Crippen LogP contribution in [0.3, 0.4) is 0 Å². The molecule has 0 aliphatic rings. The van der Waals surface area contributed by atoms with Crippen LogP contribution in [-0.4, -0.2) is 27.8 Å². The van der Waals surface area contributed by atoms with Crippen molar-refractivity contribution in [2.24, 2.45) is 5.73 Å². The normalized spacial score (nSPS) is 12.0. The van der Waals surface area contributed by atoms with Crippen LogP contribution in [0.2, 0.25) is 0 Å². The Morgan fingerprint density at radius 3 is 1.96 bits per heavy atom. The van der Waals surface area contributed by atoms with Gasteiger partial charge in [-0.2, -0.15) is 0 Å². The molecule has 160 valence electrons. The van der Waals surface area contributed by atoms with Gasteiger partial charge in [-0.3, -0.25) is 9.59 Å².